The first-order chi connectivity index (χ1) is 4.18. The Bertz CT molecular complexity index is 42.6. The van der Waals surface area contributed by atoms with E-state index in [0.717, 1.165) is 0 Å². The van der Waals surface area contributed by atoms with E-state index in [9.17, 15) is 0 Å². The third-order valence-electron chi connectivity index (χ3n) is 0.500. The van der Waals surface area contributed by atoms with Crippen molar-refractivity contribution in [2.24, 2.45) is 5.92 Å². The molecule has 0 radical (unpaired) electrons. The summed E-state index contributed by atoms with van der Waals surface area (Å²) in [6.45, 7) is 8.99. The lowest BCUT2D eigenvalue weighted by atomic mass is 10.2. The summed E-state index contributed by atoms with van der Waals surface area (Å²) in [4.78, 5) is 0. The second kappa shape index (κ2) is 10.8. The highest BCUT2D eigenvalue weighted by Crippen LogP contribution is 1.83. The molecule has 0 saturated heterocycles. The molecule has 0 fully saturated rings. The maximum atomic E-state index is 7.99. The van der Waals surface area contributed by atoms with Crippen LogP contribution in [0.15, 0.2) is 0 Å². The van der Waals surface area contributed by atoms with E-state index in [2.05, 4.69) is 19.3 Å². The lowest BCUT2D eigenvalue weighted by molar-refractivity contribution is 0.154. The second-order valence-corrected chi connectivity index (χ2v) is 2.46. The number of hydroxylamine groups is 1. The predicted octanol–water partition coefficient (Wildman–Crippen LogP) is 2.28. The van der Waals surface area contributed by atoms with Gasteiger partial charge in [0, 0.05) is 7.97 Å². The molecule has 0 spiro atoms. The Kier molecular flexibility index (Phi) is 14.0. The van der Waals surface area contributed by atoms with Gasteiger partial charge in [-0.1, -0.05) is 34.1 Å². The molecule has 60 valence electrons. The highest BCUT2D eigenvalue weighted by atomic mass is 16.5. The minimum Gasteiger partial charge on any atom is -0.317 e. The first kappa shape index (κ1) is 11.7. The molecule has 9 heavy (non-hydrogen) atoms. The molecule has 0 aromatic heterocycles. The molecule has 0 aromatic carbocycles. The van der Waals surface area contributed by atoms with Crippen molar-refractivity contribution < 1.29 is 6.63 Å². The Balaban J connectivity index is -0.000000107. The van der Waals surface area contributed by atoms with Gasteiger partial charge in [-0.2, -0.15) is 0 Å². The van der Waals surface area contributed by atoms with Crippen LogP contribution in [0.2, 0.25) is 0 Å². The van der Waals surface area contributed by atoms with Gasteiger partial charge >= 0.3 is 0 Å². The van der Waals surface area contributed by atoms with E-state index in [1.807, 2.05) is 13.8 Å². The largest absolute Gasteiger partial charge is 0.317 e. The van der Waals surface area contributed by atoms with Crippen LogP contribution in [0.5, 0.6) is 0 Å². The Morgan fingerprint density at radius 2 is 1.78 bits per heavy atom. The zero-order valence-electron chi connectivity index (χ0n) is 6.94. The quantitative estimate of drug-likeness (QED) is 0.569. The van der Waals surface area contributed by atoms with Gasteiger partial charge in [-0.05, 0) is 5.92 Å². The van der Waals surface area contributed by atoms with E-state index < -0.39 is 0 Å². The number of hydrogen-bond donors (Lipinski definition) is 2. The minimum absolute atomic E-state index is 0. The van der Waals surface area contributed by atoms with Crippen molar-refractivity contribution in [2.45, 2.75) is 34.1 Å². The van der Waals surface area contributed by atoms with Gasteiger partial charge in [-0.15, -0.1) is 0 Å². The van der Waals surface area contributed by atoms with Gasteiger partial charge in [0.15, 0.2) is 0 Å². The lowest BCUT2D eigenvalue weighted by Gasteiger charge is -1.97. The summed E-state index contributed by atoms with van der Waals surface area (Å²) in [7, 11) is 0. The van der Waals surface area contributed by atoms with Gasteiger partial charge in [-0.25, -0.2) is 5.48 Å². The van der Waals surface area contributed by atoms with E-state index in [1.54, 1.807) is 0 Å². The van der Waals surface area contributed by atoms with Crippen LogP contribution in [0.4, 0.5) is 0 Å². The second-order valence-electron chi connectivity index (χ2n) is 2.46. The Morgan fingerprint density at radius 3 is 1.78 bits per heavy atom. The van der Waals surface area contributed by atoms with Crippen molar-refractivity contribution in [3.8, 4) is 0 Å². The zero-order chi connectivity index (χ0) is 7.70. The van der Waals surface area contributed by atoms with Crippen LogP contribution in [0.1, 0.15) is 35.5 Å². The summed E-state index contributed by atoms with van der Waals surface area (Å²) in [6.07, 6.45) is 1.25. The monoisotopic (exact) mass is 135 g/mol. The maximum Gasteiger partial charge on any atom is 0.0230 e. The maximum absolute atomic E-state index is 7.99. The average molecular weight is 135 g/mol. The smallest absolute Gasteiger partial charge is 0.0230 e. The third-order valence-corrected chi connectivity index (χ3v) is 0.500. The summed E-state index contributed by atoms with van der Waals surface area (Å²) >= 11 is 0. The normalized spacial score (nSPS) is 8.67. The van der Waals surface area contributed by atoms with E-state index in [-0.39, 0.29) is 1.43 Å². The van der Waals surface area contributed by atoms with Gasteiger partial charge in [0.05, 0.1) is 0 Å². The third kappa shape index (κ3) is 32.6. The predicted molar refractivity (Wildman–Crippen MR) is 42.7 cm³/mol. The van der Waals surface area contributed by atoms with Gasteiger partial charge in [0.25, 0.3) is 0 Å². The van der Waals surface area contributed by atoms with Gasteiger partial charge in [0.2, 0.25) is 0 Å². The molecule has 2 N–H and O–H groups in total. The van der Waals surface area contributed by atoms with Gasteiger partial charge < -0.3 is 5.21 Å². The van der Waals surface area contributed by atoms with Crippen LogP contribution < -0.4 is 5.48 Å². The molecule has 2 nitrogen and oxygen atoms in total. The van der Waals surface area contributed by atoms with Crippen LogP contribution in [-0.4, -0.2) is 11.8 Å². The fourth-order valence-corrected chi connectivity index (χ4v) is 0.183. The Labute approximate surface area is 59.7 Å². The van der Waals surface area contributed by atoms with E-state index in [4.69, 9.17) is 5.21 Å². The Hall–Kier alpha value is -0.0800. The van der Waals surface area contributed by atoms with Crippen LogP contribution in [-0.2, 0) is 0 Å². The summed E-state index contributed by atoms with van der Waals surface area (Å²) in [5, 5.41) is 7.99. The summed E-state index contributed by atoms with van der Waals surface area (Å²) in [5.74, 6) is 0.537. The van der Waals surface area contributed by atoms with Gasteiger partial charge in [0.1, 0.15) is 0 Å². The van der Waals surface area contributed by atoms with Crippen LogP contribution in [0.3, 0.4) is 0 Å². The fraction of sp³-hybridized carbons (Fsp3) is 1.00. The molecule has 0 aliphatic carbocycles. The molecular formula is C7H21NO. The van der Waals surface area contributed by atoms with Gasteiger partial charge in [-0.3, -0.25) is 0 Å². The fourth-order valence-electron chi connectivity index (χ4n) is 0.183. The highest BCUT2D eigenvalue weighted by molar-refractivity contribution is 4.39. The first-order valence-electron chi connectivity index (χ1n) is 3.55. The molecule has 0 bridgehead atoms. The molecule has 2 heteroatoms. The lowest BCUT2D eigenvalue weighted by Crippen LogP contribution is -2.13. The topological polar surface area (TPSA) is 32.3 Å². The van der Waals surface area contributed by atoms with Crippen LogP contribution in [0, 0.1) is 5.92 Å². The van der Waals surface area contributed by atoms with Crippen molar-refractivity contribution in [1.82, 2.24) is 5.48 Å². The molecule has 0 unspecified atom stereocenters. The van der Waals surface area contributed by atoms with E-state index in [0.29, 0.717) is 12.5 Å². The standard InChI is InChI=1S/C4H11NO.C3H8.H2/c1-4(2)3-5-6;1-3-2;/h4-6H,3H2,1-2H3;3H2,1-2H3;1H. The molecule has 0 aliphatic heterocycles. The number of rotatable bonds is 2. The molecular weight excluding hydrogens is 114 g/mol. The summed E-state index contributed by atoms with van der Waals surface area (Å²) < 4.78 is 0. The molecule has 0 atom stereocenters. The van der Waals surface area contributed by atoms with Crippen LogP contribution >= 0.6 is 0 Å². The molecule has 0 saturated carbocycles. The van der Waals surface area contributed by atoms with Crippen molar-refractivity contribution in [1.29, 1.82) is 0 Å². The summed E-state index contributed by atoms with van der Waals surface area (Å²) in [6, 6.07) is 0. The van der Waals surface area contributed by atoms with E-state index >= 15 is 0 Å². The Morgan fingerprint density at radius 1 is 1.44 bits per heavy atom. The molecule has 0 amide bonds. The van der Waals surface area contributed by atoms with Crippen molar-refractivity contribution in [3.05, 3.63) is 0 Å². The number of hydrogen-bond acceptors (Lipinski definition) is 2. The molecule has 0 aliphatic rings. The molecule has 0 heterocycles. The average Bonchev–Trinajstić information content (AvgIpc) is 1.67. The summed E-state index contributed by atoms with van der Waals surface area (Å²) in [5.41, 5.74) is 2.07. The highest BCUT2D eigenvalue weighted by Gasteiger charge is 1.85. The van der Waals surface area contributed by atoms with Crippen molar-refractivity contribution in [3.63, 3.8) is 0 Å². The molecule has 0 aromatic rings. The SMILES string of the molecule is CC(C)CNO.CCC.[HH]. The molecule has 0 rings (SSSR count). The van der Waals surface area contributed by atoms with Crippen molar-refractivity contribution >= 4 is 0 Å². The van der Waals surface area contributed by atoms with Crippen LogP contribution in [0.25, 0.3) is 0 Å². The first-order valence-corrected chi connectivity index (χ1v) is 3.55. The number of nitrogens with one attached hydrogen (secondary N) is 1. The minimum atomic E-state index is 0. The van der Waals surface area contributed by atoms with E-state index in [1.165, 1.54) is 6.42 Å². The van der Waals surface area contributed by atoms with Crippen molar-refractivity contribution in [2.75, 3.05) is 6.54 Å². The zero-order valence-corrected chi connectivity index (χ0v) is 6.94.